The highest BCUT2D eigenvalue weighted by Gasteiger charge is 2.23. The van der Waals surface area contributed by atoms with E-state index in [4.69, 9.17) is 14.4 Å². The van der Waals surface area contributed by atoms with Gasteiger partial charge in [0.2, 0.25) is 5.95 Å². The van der Waals surface area contributed by atoms with Gasteiger partial charge in [-0.3, -0.25) is 4.57 Å². The van der Waals surface area contributed by atoms with Gasteiger partial charge in [0.1, 0.15) is 11.2 Å². The molecule has 0 bridgehead atoms. The van der Waals surface area contributed by atoms with E-state index in [9.17, 15) is 0 Å². The first-order valence-electron chi connectivity index (χ1n) is 16.6. The van der Waals surface area contributed by atoms with E-state index >= 15 is 0 Å². The summed E-state index contributed by atoms with van der Waals surface area (Å²) in [7, 11) is 0. The van der Waals surface area contributed by atoms with Crippen LogP contribution in [0.4, 0.5) is 0 Å². The van der Waals surface area contributed by atoms with Crippen molar-refractivity contribution >= 4 is 92.7 Å². The number of benzene rings is 7. The molecule has 49 heavy (non-hydrogen) atoms. The molecule has 5 heteroatoms. The summed E-state index contributed by atoms with van der Waals surface area (Å²) in [5.41, 5.74) is 10.3. The maximum atomic E-state index is 6.31. The van der Waals surface area contributed by atoms with Gasteiger partial charge in [-0.05, 0) is 53.9 Å². The summed E-state index contributed by atoms with van der Waals surface area (Å²) in [5, 5.41) is 10.6. The maximum absolute atomic E-state index is 6.31. The first kappa shape index (κ1) is 25.4. The highest BCUT2D eigenvalue weighted by atomic mass is 16.3. The molecule has 0 atom stereocenters. The summed E-state index contributed by atoms with van der Waals surface area (Å²) in [6, 6.07) is 51.6. The van der Waals surface area contributed by atoms with E-state index in [0.717, 1.165) is 55.1 Å². The third-order valence-corrected chi connectivity index (χ3v) is 10.5. The summed E-state index contributed by atoms with van der Waals surface area (Å²) < 4.78 is 11.0. The monoisotopic (exact) mass is 624 g/mol. The molecule has 0 N–H and O–H groups in total. The number of aromatic nitrogens is 4. The molecule has 5 aromatic heterocycles. The van der Waals surface area contributed by atoms with Gasteiger partial charge in [0.15, 0.2) is 0 Å². The molecule has 0 saturated heterocycles. The first-order valence-corrected chi connectivity index (χ1v) is 16.6. The van der Waals surface area contributed by atoms with Crippen LogP contribution in [0.3, 0.4) is 0 Å². The molecule has 7 aromatic carbocycles. The standard InChI is InChI=1S/C44H24N4O/c1-4-16-33-32(12-1)42(25-22-23-28-27-11-3-6-21-38(27)49-39(28)24-25)46-44(45-33)48-35-18-8-13-29-31-15-7-14-30-26-10-2-5-17-34(26)47(43(30)31)36-19-9-20-37(48)41(36)40(29)35/h1-24H. The van der Waals surface area contributed by atoms with Gasteiger partial charge in [-0.2, -0.15) is 0 Å². The Balaban J connectivity index is 1.23. The van der Waals surface area contributed by atoms with Gasteiger partial charge in [-0.15, -0.1) is 0 Å². The molecule has 0 aliphatic rings. The van der Waals surface area contributed by atoms with Crippen molar-refractivity contribution in [2.45, 2.75) is 0 Å². The van der Waals surface area contributed by atoms with Gasteiger partial charge in [0, 0.05) is 48.7 Å². The Morgan fingerprint density at radius 3 is 1.98 bits per heavy atom. The van der Waals surface area contributed by atoms with Crippen LogP contribution in [0.15, 0.2) is 150 Å². The van der Waals surface area contributed by atoms with Crippen LogP contribution in [0.25, 0.3) is 110 Å². The predicted molar refractivity (Wildman–Crippen MR) is 201 cm³/mol. The van der Waals surface area contributed by atoms with Crippen LogP contribution in [0.1, 0.15) is 0 Å². The van der Waals surface area contributed by atoms with Crippen LogP contribution in [-0.4, -0.2) is 18.9 Å². The summed E-state index contributed by atoms with van der Waals surface area (Å²) >= 11 is 0. The van der Waals surface area contributed by atoms with E-state index in [1.165, 1.54) is 48.9 Å². The lowest BCUT2D eigenvalue weighted by molar-refractivity contribution is 0.669. The lowest BCUT2D eigenvalue weighted by Gasteiger charge is -2.12. The molecule has 12 aromatic rings. The molecule has 5 nitrogen and oxygen atoms in total. The Bertz CT molecular complexity index is 3340. The Morgan fingerprint density at radius 1 is 0.429 bits per heavy atom. The molecule has 5 heterocycles. The molecule has 0 fully saturated rings. The van der Waals surface area contributed by atoms with Crippen molar-refractivity contribution in [3.05, 3.63) is 146 Å². The largest absolute Gasteiger partial charge is 0.456 e. The van der Waals surface area contributed by atoms with Crippen LogP contribution < -0.4 is 0 Å². The van der Waals surface area contributed by atoms with Crippen molar-refractivity contribution in [3.63, 3.8) is 0 Å². The molecular formula is C44H24N4O. The van der Waals surface area contributed by atoms with Crippen molar-refractivity contribution < 1.29 is 4.42 Å². The topological polar surface area (TPSA) is 48.3 Å². The van der Waals surface area contributed by atoms with Gasteiger partial charge >= 0.3 is 0 Å². The minimum absolute atomic E-state index is 0.643. The summed E-state index contributed by atoms with van der Waals surface area (Å²) in [6.07, 6.45) is 0. The Hall–Kier alpha value is -6.72. The Morgan fingerprint density at radius 2 is 1.06 bits per heavy atom. The number of rotatable bonds is 2. The number of hydrogen-bond acceptors (Lipinski definition) is 3. The van der Waals surface area contributed by atoms with Crippen molar-refractivity contribution in [3.8, 4) is 17.2 Å². The summed E-state index contributed by atoms with van der Waals surface area (Å²) in [6.45, 7) is 0. The number of fused-ring (bicyclic) bond motifs is 9. The average molecular weight is 625 g/mol. The lowest BCUT2D eigenvalue weighted by atomic mass is 10.0. The zero-order chi connectivity index (χ0) is 31.8. The van der Waals surface area contributed by atoms with Crippen LogP contribution in [-0.2, 0) is 0 Å². The van der Waals surface area contributed by atoms with Crippen molar-refractivity contribution in [1.29, 1.82) is 0 Å². The molecule has 0 amide bonds. The van der Waals surface area contributed by atoms with Crippen molar-refractivity contribution in [2.75, 3.05) is 0 Å². The highest BCUT2D eigenvalue weighted by Crippen LogP contribution is 2.44. The first-order chi connectivity index (χ1) is 24.3. The van der Waals surface area contributed by atoms with E-state index < -0.39 is 0 Å². The zero-order valence-corrected chi connectivity index (χ0v) is 26.1. The fourth-order valence-corrected chi connectivity index (χ4v) is 8.46. The average Bonchev–Trinajstić information content (AvgIpc) is 3.79. The van der Waals surface area contributed by atoms with E-state index in [1.54, 1.807) is 0 Å². The number of para-hydroxylation sites is 4. The second-order valence-corrected chi connectivity index (χ2v) is 13.0. The normalized spacial score (nSPS) is 12.5. The maximum Gasteiger partial charge on any atom is 0.235 e. The van der Waals surface area contributed by atoms with Gasteiger partial charge in [-0.25, -0.2) is 9.97 Å². The summed E-state index contributed by atoms with van der Waals surface area (Å²) in [5.74, 6) is 0.643. The minimum atomic E-state index is 0.643. The fraction of sp³-hybridized carbons (Fsp3) is 0. The Labute approximate surface area is 278 Å². The van der Waals surface area contributed by atoms with Crippen molar-refractivity contribution in [2.24, 2.45) is 0 Å². The molecule has 226 valence electrons. The molecule has 0 unspecified atom stereocenters. The van der Waals surface area contributed by atoms with Gasteiger partial charge in [0.25, 0.3) is 0 Å². The molecule has 0 spiro atoms. The number of furan rings is 1. The quantitative estimate of drug-likeness (QED) is 0.192. The van der Waals surface area contributed by atoms with Crippen LogP contribution >= 0.6 is 0 Å². The highest BCUT2D eigenvalue weighted by molar-refractivity contribution is 6.31. The van der Waals surface area contributed by atoms with E-state index in [2.05, 4.69) is 136 Å². The van der Waals surface area contributed by atoms with E-state index in [0.29, 0.717) is 5.95 Å². The van der Waals surface area contributed by atoms with E-state index in [1.807, 2.05) is 18.2 Å². The smallest absolute Gasteiger partial charge is 0.235 e. The minimum Gasteiger partial charge on any atom is -0.456 e. The summed E-state index contributed by atoms with van der Waals surface area (Å²) in [4.78, 5) is 10.7. The fourth-order valence-electron chi connectivity index (χ4n) is 8.46. The predicted octanol–water partition coefficient (Wildman–Crippen LogP) is 11.4. The van der Waals surface area contributed by atoms with Crippen LogP contribution in [0.5, 0.6) is 0 Å². The Kier molecular flexibility index (Phi) is 4.66. The lowest BCUT2D eigenvalue weighted by Crippen LogP contribution is -2.03. The number of nitrogens with zero attached hydrogens (tertiary/aromatic N) is 4. The third-order valence-electron chi connectivity index (χ3n) is 10.5. The zero-order valence-electron chi connectivity index (χ0n) is 26.1. The van der Waals surface area contributed by atoms with Crippen LogP contribution in [0.2, 0.25) is 0 Å². The van der Waals surface area contributed by atoms with E-state index in [-0.39, 0.29) is 0 Å². The molecule has 0 radical (unpaired) electrons. The third kappa shape index (κ3) is 3.19. The molecular weight excluding hydrogens is 601 g/mol. The second-order valence-electron chi connectivity index (χ2n) is 13.0. The van der Waals surface area contributed by atoms with Crippen molar-refractivity contribution in [1.82, 2.24) is 18.9 Å². The number of hydrogen-bond donors (Lipinski definition) is 0. The van der Waals surface area contributed by atoms with Gasteiger partial charge < -0.3 is 8.82 Å². The molecule has 0 saturated carbocycles. The molecule has 0 aliphatic heterocycles. The second kappa shape index (κ2) is 9.00. The molecule has 12 rings (SSSR count). The van der Waals surface area contributed by atoms with Gasteiger partial charge in [-0.1, -0.05) is 97.1 Å². The van der Waals surface area contributed by atoms with Gasteiger partial charge in [0.05, 0.1) is 38.8 Å². The van der Waals surface area contributed by atoms with Crippen LogP contribution in [0, 0.1) is 0 Å². The molecule has 0 aliphatic carbocycles. The SMILES string of the molecule is c1ccc2c(-c3ccc4c(c3)oc3ccccc34)nc(-n3c4cccc5c6cccc7c8ccccc8n(c8cccc3c8c54)c67)nc2c1.